The predicted molar refractivity (Wildman–Crippen MR) is 81.1 cm³/mol. The molecule has 1 unspecified atom stereocenters. The van der Waals surface area contributed by atoms with Crippen molar-refractivity contribution >= 4 is 12.0 Å². The van der Waals surface area contributed by atoms with Gasteiger partial charge in [-0.2, -0.15) is 0 Å². The van der Waals surface area contributed by atoms with Crippen molar-refractivity contribution < 1.29 is 14.7 Å². The molecule has 0 heterocycles. The highest BCUT2D eigenvalue weighted by atomic mass is 16.4. The molecule has 1 aromatic carbocycles. The van der Waals surface area contributed by atoms with Gasteiger partial charge in [0.25, 0.3) is 0 Å². The van der Waals surface area contributed by atoms with Crippen molar-refractivity contribution in [3.63, 3.8) is 0 Å². The van der Waals surface area contributed by atoms with Crippen molar-refractivity contribution in [2.24, 2.45) is 0 Å². The molecule has 6 heteroatoms. The van der Waals surface area contributed by atoms with Crippen LogP contribution >= 0.6 is 0 Å². The van der Waals surface area contributed by atoms with Gasteiger partial charge in [-0.3, -0.25) is 0 Å². The van der Waals surface area contributed by atoms with E-state index in [0.717, 1.165) is 19.6 Å². The Morgan fingerprint density at radius 1 is 1.19 bits per heavy atom. The van der Waals surface area contributed by atoms with Gasteiger partial charge in [-0.25, -0.2) is 9.59 Å². The Hall–Kier alpha value is -2.08. The molecule has 0 fully saturated rings. The Bertz CT molecular complexity index is 447. The molecule has 0 saturated heterocycles. The molecule has 6 nitrogen and oxygen atoms in total. The SMILES string of the molecule is CCN(CC)CCNC(=O)NC(C(=O)O)c1ccccc1. The zero-order valence-corrected chi connectivity index (χ0v) is 12.5. The molecule has 0 bridgehead atoms. The molecule has 1 atom stereocenters. The van der Waals surface area contributed by atoms with Crippen LogP contribution in [0.15, 0.2) is 30.3 Å². The van der Waals surface area contributed by atoms with Crippen LogP contribution in [-0.4, -0.2) is 48.2 Å². The lowest BCUT2D eigenvalue weighted by Crippen LogP contribution is -2.43. The normalized spacial score (nSPS) is 12.0. The number of nitrogens with one attached hydrogen (secondary N) is 2. The summed E-state index contributed by atoms with van der Waals surface area (Å²) < 4.78 is 0. The average molecular weight is 293 g/mol. The molecule has 3 N–H and O–H groups in total. The van der Waals surface area contributed by atoms with E-state index in [1.165, 1.54) is 0 Å². The van der Waals surface area contributed by atoms with Crippen LogP contribution < -0.4 is 10.6 Å². The van der Waals surface area contributed by atoms with E-state index in [4.69, 9.17) is 0 Å². The lowest BCUT2D eigenvalue weighted by Gasteiger charge is -2.19. The maximum absolute atomic E-state index is 11.8. The fourth-order valence-electron chi connectivity index (χ4n) is 1.98. The van der Waals surface area contributed by atoms with E-state index in [1.54, 1.807) is 30.3 Å². The van der Waals surface area contributed by atoms with E-state index < -0.39 is 18.0 Å². The number of likely N-dealkylation sites (N-methyl/N-ethyl adjacent to an activating group) is 1. The van der Waals surface area contributed by atoms with Crippen molar-refractivity contribution in [2.45, 2.75) is 19.9 Å². The summed E-state index contributed by atoms with van der Waals surface area (Å²) in [4.78, 5) is 25.2. The molecule has 116 valence electrons. The van der Waals surface area contributed by atoms with Crippen molar-refractivity contribution in [1.29, 1.82) is 0 Å². The number of aliphatic carboxylic acids is 1. The zero-order chi connectivity index (χ0) is 15.7. The molecule has 1 rings (SSSR count). The molecule has 0 radical (unpaired) electrons. The van der Waals surface area contributed by atoms with Crippen LogP contribution in [0, 0.1) is 0 Å². The summed E-state index contributed by atoms with van der Waals surface area (Å²) in [5.41, 5.74) is 0.545. The van der Waals surface area contributed by atoms with Gasteiger partial charge in [0, 0.05) is 13.1 Å². The third-order valence-electron chi connectivity index (χ3n) is 3.26. The van der Waals surface area contributed by atoms with Gasteiger partial charge in [0.05, 0.1) is 0 Å². The minimum absolute atomic E-state index is 0.474. The molecular weight excluding hydrogens is 270 g/mol. The summed E-state index contributed by atoms with van der Waals surface area (Å²) in [7, 11) is 0. The van der Waals surface area contributed by atoms with Crippen LogP contribution in [0.2, 0.25) is 0 Å². The number of carbonyl (C=O) groups excluding carboxylic acids is 1. The number of nitrogens with zero attached hydrogens (tertiary/aromatic N) is 1. The highest BCUT2D eigenvalue weighted by molar-refractivity contribution is 5.83. The standard InChI is InChI=1S/C15H23N3O3/c1-3-18(4-2)11-10-16-15(21)17-13(14(19)20)12-8-6-5-7-9-12/h5-9,13H,3-4,10-11H2,1-2H3,(H,19,20)(H2,16,17,21). The number of amides is 2. The highest BCUT2D eigenvalue weighted by Crippen LogP contribution is 2.12. The minimum atomic E-state index is -1.08. The number of urea groups is 1. The number of carboxylic acid groups (broad SMARTS) is 1. The van der Waals surface area contributed by atoms with Gasteiger partial charge < -0.3 is 20.6 Å². The third-order valence-corrected chi connectivity index (χ3v) is 3.26. The molecule has 21 heavy (non-hydrogen) atoms. The quantitative estimate of drug-likeness (QED) is 0.677. The molecule has 1 aromatic rings. The van der Waals surface area contributed by atoms with Crippen LogP contribution in [0.4, 0.5) is 4.79 Å². The van der Waals surface area contributed by atoms with E-state index in [-0.39, 0.29) is 0 Å². The maximum Gasteiger partial charge on any atom is 0.330 e. The second kappa shape index (κ2) is 8.97. The highest BCUT2D eigenvalue weighted by Gasteiger charge is 2.21. The van der Waals surface area contributed by atoms with Crippen molar-refractivity contribution in [3.8, 4) is 0 Å². The van der Waals surface area contributed by atoms with Gasteiger partial charge in [0.2, 0.25) is 0 Å². The lowest BCUT2D eigenvalue weighted by atomic mass is 10.1. The van der Waals surface area contributed by atoms with Gasteiger partial charge >= 0.3 is 12.0 Å². The van der Waals surface area contributed by atoms with E-state index >= 15 is 0 Å². The summed E-state index contributed by atoms with van der Waals surface area (Å²) in [5, 5.41) is 14.4. The number of benzene rings is 1. The van der Waals surface area contributed by atoms with Crippen LogP contribution in [0.5, 0.6) is 0 Å². The monoisotopic (exact) mass is 293 g/mol. The van der Waals surface area contributed by atoms with E-state index in [1.807, 2.05) is 0 Å². The molecule has 0 aliphatic heterocycles. The van der Waals surface area contributed by atoms with Gasteiger partial charge in [-0.1, -0.05) is 44.2 Å². The first-order valence-electron chi connectivity index (χ1n) is 7.13. The van der Waals surface area contributed by atoms with E-state index in [2.05, 4.69) is 29.4 Å². The predicted octanol–water partition coefficient (Wildman–Crippen LogP) is 1.45. The largest absolute Gasteiger partial charge is 0.479 e. The van der Waals surface area contributed by atoms with Crippen LogP contribution in [0.1, 0.15) is 25.5 Å². The molecule has 2 amide bonds. The van der Waals surface area contributed by atoms with Gasteiger partial charge in [-0.15, -0.1) is 0 Å². The minimum Gasteiger partial charge on any atom is -0.479 e. The number of hydrogen-bond donors (Lipinski definition) is 3. The number of carboxylic acids is 1. The molecule has 0 aromatic heterocycles. The number of hydrogen-bond acceptors (Lipinski definition) is 3. The summed E-state index contributed by atoms with van der Waals surface area (Å²) in [6.07, 6.45) is 0. The van der Waals surface area contributed by atoms with Gasteiger partial charge in [-0.05, 0) is 18.7 Å². The topological polar surface area (TPSA) is 81.7 Å². The maximum atomic E-state index is 11.8. The third kappa shape index (κ3) is 5.83. The van der Waals surface area contributed by atoms with Crippen molar-refractivity contribution in [2.75, 3.05) is 26.2 Å². The fourth-order valence-corrected chi connectivity index (χ4v) is 1.98. The first-order chi connectivity index (χ1) is 10.1. The lowest BCUT2D eigenvalue weighted by molar-refractivity contribution is -0.139. The van der Waals surface area contributed by atoms with Crippen LogP contribution in [-0.2, 0) is 4.79 Å². The van der Waals surface area contributed by atoms with E-state index in [0.29, 0.717) is 12.1 Å². The molecular formula is C15H23N3O3. The molecule has 0 aliphatic carbocycles. The van der Waals surface area contributed by atoms with Crippen molar-refractivity contribution in [1.82, 2.24) is 15.5 Å². The van der Waals surface area contributed by atoms with Gasteiger partial charge in [0.1, 0.15) is 0 Å². The second-order valence-electron chi connectivity index (χ2n) is 4.61. The molecule has 0 spiro atoms. The molecule has 0 aliphatic rings. The van der Waals surface area contributed by atoms with Crippen LogP contribution in [0.3, 0.4) is 0 Å². The average Bonchev–Trinajstić information content (AvgIpc) is 2.50. The summed E-state index contributed by atoms with van der Waals surface area (Å²) >= 11 is 0. The summed E-state index contributed by atoms with van der Waals surface area (Å²) in [6, 6.07) is 7.12. The van der Waals surface area contributed by atoms with E-state index in [9.17, 15) is 14.7 Å². The smallest absolute Gasteiger partial charge is 0.330 e. The fraction of sp³-hybridized carbons (Fsp3) is 0.467. The molecule has 0 saturated carbocycles. The summed E-state index contributed by atoms with van der Waals surface area (Å²) in [5.74, 6) is -1.08. The Morgan fingerprint density at radius 3 is 2.33 bits per heavy atom. The van der Waals surface area contributed by atoms with Crippen LogP contribution in [0.25, 0.3) is 0 Å². The first kappa shape index (κ1) is 17.0. The number of rotatable bonds is 8. The number of carbonyl (C=O) groups is 2. The Balaban J connectivity index is 2.49. The Morgan fingerprint density at radius 2 is 1.81 bits per heavy atom. The summed E-state index contributed by atoms with van der Waals surface area (Å²) in [6.45, 7) is 7.17. The van der Waals surface area contributed by atoms with Gasteiger partial charge in [0.15, 0.2) is 6.04 Å². The second-order valence-corrected chi connectivity index (χ2v) is 4.61. The zero-order valence-electron chi connectivity index (χ0n) is 12.5. The Kier molecular flexibility index (Phi) is 7.25. The first-order valence-corrected chi connectivity index (χ1v) is 7.13. The van der Waals surface area contributed by atoms with Crippen molar-refractivity contribution in [3.05, 3.63) is 35.9 Å². The Labute approximate surface area is 125 Å².